The molecule has 0 saturated carbocycles. The number of hydrogen-bond acceptors (Lipinski definition) is 6. The minimum atomic E-state index is -1.04. The van der Waals surface area contributed by atoms with E-state index in [2.05, 4.69) is 5.32 Å². The minimum absolute atomic E-state index is 0.343. The second-order valence-corrected chi connectivity index (χ2v) is 6.41. The van der Waals surface area contributed by atoms with Crippen LogP contribution in [0.5, 0.6) is 5.75 Å². The molecule has 0 aliphatic rings. The number of halogens is 1. The van der Waals surface area contributed by atoms with Crippen molar-refractivity contribution in [2.75, 3.05) is 0 Å². The molecule has 132 valence electrons. The number of hydrogen-bond donors (Lipinski definition) is 1. The molecule has 0 radical (unpaired) electrons. The molecule has 0 aliphatic heterocycles. The summed E-state index contributed by atoms with van der Waals surface area (Å²) in [6.45, 7) is 3.36. The summed E-state index contributed by atoms with van der Waals surface area (Å²) in [5.41, 5.74) is -0.540. The number of ether oxygens (including phenoxy) is 1. The average Bonchev–Trinajstić information content (AvgIpc) is 3.06. The van der Waals surface area contributed by atoms with Gasteiger partial charge in [-0.05, 0) is 23.4 Å². The number of carbonyl (C=O) groups is 2. The zero-order valence-electron chi connectivity index (χ0n) is 13.4. The van der Waals surface area contributed by atoms with Crippen molar-refractivity contribution < 1.29 is 23.6 Å². The Hall–Kier alpha value is -2.81. The maximum absolute atomic E-state index is 13.3. The van der Waals surface area contributed by atoms with Crippen LogP contribution in [0.2, 0.25) is 0 Å². The van der Waals surface area contributed by atoms with Gasteiger partial charge in [-0.1, -0.05) is 19.9 Å². The molecule has 1 atom stereocenters. The topological polar surface area (TPSA) is 98.5 Å². The van der Waals surface area contributed by atoms with Crippen LogP contribution in [0.1, 0.15) is 23.5 Å². The third-order valence-corrected chi connectivity index (χ3v) is 4.15. The van der Waals surface area contributed by atoms with Crippen LogP contribution in [0.15, 0.2) is 35.7 Å². The largest absolute Gasteiger partial charge is 0.417 e. The summed E-state index contributed by atoms with van der Waals surface area (Å²) in [6.07, 6.45) is 0. The highest BCUT2D eigenvalue weighted by atomic mass is 32.1. The van der Waals surface area contributed by atoms with Crippen molar-refractivity contribution in [2.24, 2.45) is 5.92 Å². The predicted molar refractivity (Wildman–Crippen MR) is 89.1 cm³/mol. The fraction of sp³-hybridized carbons (Fsp3) is 0.250. The predicted octanol–water partition coefficient (Wildman–Crippen LogP) is 3.16. The quantitative estimate of drug-likeness (QED) is 0.366. The van der Waals surface area contributed by atoms with Crippen molar-refractivity contribution in [1.29, 1.82) is 0 Å². The molecule has 1 heterocycles. The second-order valence-electron chi connectivity index (χ2n) is 5.46. The summed E-state index contributed by atoms with van der Waals surface area (Å²) in [4.78, 5) is 35.1. The Labute approximate surface area is 146 Å². The number of rotatable bonds is 6. The van der Waals surface area contributed by atoms with Crippen molar-refractivity contribution in [3.63, 3.8) is 0 Å². The van der Waals surface area contributed by atoms with E-state index < -0.39 is 40.1 Å². The fourth-order valence-corrected chi connectivity index (χ4v) is 2.64. The van der Waals surface area contributed by atoms with Gasteiger partial charge in [-0.15, -0.1) is 11.3 Å². The zero-order valence-corrected chi connectivity index (χ0v) is 14.2. The third-order valence-electron chi connectivity index (χ3n) is 3.28. The second kappa shape index (κ2) is 7.84. The molecule has 2 aromatic rings. The summed E-state index contributed by atoms with van der Waals surface area (Å²) in [7, 11) is 0. The number of nitrogens with zero attached hydrogens (tertiary/aromatic N) is 1. The number of nitrogens with one attached hydrogen (secondary N) is 1. The molecule has 25 heavy (non-hydrogen) atoms. The summed E-state index contributed by atoms with van der Waals surface area (Å²) >= 11 is 1.21. The molecule has 1 aromatic heterocycles. The molecule has 0 saturated heterocycles. The highest BCUT2D eigenvalue weighted by Gasteiger charge is 2.29. The van der Waals surface area contributed by atoms with E-state index in [0.29, 0.717) is 4.88 Å². The van der Waals surface area contributed by atoms with Gasteiger partial charge in [0.15, 0.2) is 0 Å². The Kier molecular flexibility index (Phi) is 5.81. The maximum Gasteiger partial charge on any atom is 0.334 e. The molecule has 7 nitrogen and oxygen atoms in total. The van der Waals surface area contributed by atoms with E-state index in [1.165, 1.54) is 11.3 Å². The average molecular weight is 366 g/mol. The van der Waals surface area contributed by atoms with Crippen LogP contribution >= 0.6 is 11.3 Å². The monoisotopic (exact) mass is 366 g/mol. The molecule has 1 aromatic carbocycles. The van der Waals surface area contributed by atoms with Crippen LogP contribution in [-0.2, 0) is 4.79 Å². The van der Waals surface area contributed by atoms with Gasteiger partial charge in [0.25, 0.3) is 5.91 Å². The molecule has 0 fully saturated rings. The van der Waals surface area contributed by atoms with E-state index in [0.717, 1.165) is 18.2 Å². The lowest BCUT2D eigenvalue weighted by molar-refractivity contribution is -0.385. The Morgan fingerprint density at radius 1 is 1.32 bits per heavy atom. The van der Waals surface area contributed by atoms with Crippen LogP contribution in [0.4, 0.5) is 10.1 Å². The zero-order chi connectivity index (χ0) is 18.6. The molecule has 0 bridgehead atoms. The number of thiophene rings is 1. The normalized spacial score (nSPS) is 11.8. The van der Waals surface area contributed by atoms with Gasteiger partial charge < -0.3 is 10.1 Å². The number of carbonyl (C=O) groups excluding carboxylic acids is 2. The molecule has 2 rings (SSSR count). The van der Waals surface area contributed by atoms with E-state index in [4.69, 9.17) is 4.74 Å². The van der Waals surface area contributed by atoms with Gasteiger partial charge in [-0.25, -0.2) is 9.18 Å². The van der Waals surface area contributed by atoms with E-state index in [-0.39, 0.29) is 5.92 Å². The van der Waals surface area contributed by atoms with Crippen molar-refractivity contribution in [3.8, 4) is 5.75 Å². The van der Waals surface area contributed by atoms with E-state index in [1.54, 1.807) is 31.4 Å². The van der Waals surface area contributed by atoms with Gasteiger partial charge in [0.1, 0.15) is 11.9 Å². The summed E-state index contributed by atoms with van der Waals surface area (Å²) in [5, 5.41) is 15.2. The van der Waals surface area contributed by atoms with E-state index >= 15 is 0 Å². The first-order valence-corrected chi connectivity index (χ1v) is 8.17. The molecule has 9 heteroatoms. The molecule has 1 N–H and O–H groups in total. The lowest BCUT2D eigenvalue weighted by Gasteiger charge is -2.20. The maximum atomic E-state index is 13.3. The first-order chi connectivity index (χ1) is 11.8. The molecule has 0 spiro atoms. The first-order valence-electron chi connectivity index (χ1n) is 7.29. The van der Waals surface area contributed by atoms with Crippen molar-refractivity contribution in [2.45, 2.75) is 19.9 Å². The summed E-state index contributed by atoms with van der Waals surface area (Å²) in [5.74, 6) is -3.00. The summed E-state index contributed by atoms with van der Waals surface area (Å²) in [6, 6.07) is 4.81. The van der Waals surface area contributed by atoms with Gasteiger partial charge in [-0.3, -0.25) is 14.9 Å². The van der Waals surface area contributed by atoms with Crippen molar-refractivity contribution in [3.05, 3.63) is 56.5 Å². The van der Waals surface area contributed by atoms with Crippen LogP contribution in [0, 0.1) is 21.8 Å². The van der Waals surface area contributed by atoms with Gasteiger partial charge in [0.2, 0.25) is 5.75 Å². The molecular formula is C16H15FN2O5S. The Morgan fingerprint density at radius 3 is 2.60 bits per heavy atom. The Balaban J connectivity index is 2.20. The number of esters is 1. The number of nitro groups is 1. The summed E-state index contributed by atoms with van der Waals surface area (Å²) < 4.78 is 18.3. The number of benzene rings is 1. The molecular weight excluding hydrogens is 351 g/mol. The standard InChI is InChI=1S/C16H15FN2O5S/c1-9(2)14(18-15(20)13-4-3-7-25-13)16(21)24-12-8-10(17)5-6-11(12)19(22)23/h3-9,14H,1-2H3,(H,18,20). The van der Waals surface area contributed by atoms with Crippen LogP contribution in [-0.4, -0.2) is 22.8 Å². The van der Waals surface area contributed by atoms with Crippen molar-refractivity contribution in [1.82, 2.24) is 5.32 Å². The highest BCUT2D eigenvalue weighted by molar-refractivity contribution is 7.12. The first kappa shape index (κ1) is 18.5. The highest BCUT2D eigenvalue weighted by Crippen LogP contribution is 2.28. The van der Waals surface area contributed by atoms with Crippen LogP contribution < -0.4 is 10.1 Å². The van der Waals surface area contributed by atoms with Crippen LogP contribution in [0.25, 0.3) is 0 Å². The minimum Gasteiger partial charge on any atom is -0.417 e. The Morgan fingerprint density at radius 2 is 2.04 bits per heavy atom. The van der Waals surface area contributed by atoms with Gasteiger partial charge in [0, 0.05) is 12.1 Å². The van der Waals surface area contributed by atoms with Gasteiger partial charge >= 0.3 is 11.7 Å². The number of amides is 1. The smallest absolute Gasteiger partial charge is 0.334 e. The Bertz CT molecular complexity index is 792. The van der Waals surface area contributed by atoms with Crippen molar-refractivity contribution >= 4 is 28.9 Å². The van der Waals surface area contributed by atoms with Gasteiger partial charge in [0.05, 0.1) is 9.80 Å². The van der Waals surface area contributed by atoms with E-state index in [9.17, 15) is 24.1 Å². The molecule has 1 amide bonds. The lowest BCUT2D eigenvalue weighted by atomic mass is 10.0. The van der Waals surface area contributed by atoms with E-state index in [1.807, 2.05) is 0 Å². The lowest BCUT2D eigenvalue weighted by Crippen LogP contribution is -2.46. The molecule has 0 aliphatic carbocycles. The fourth-order valence-electron chi connectivity index (χ4n) is 2.01. The SMILES string of the molecule is CC(C)C(NC(=O)c1cccs1)C(=O)Oc1cc(F)ccc1[N+](=O)[O-]. The van der Waals surface area contributed by atoms with Crippen LogP contribution in [0.3, 0.4) is 0 Å². The number of nitro benzene ring substituents is 1. The third kappa shape index (κ3) is 4.60. The molecule has 1 unspecified atom stereocenters. The van der Waals surface area contributed by atoms with Gasteiger partial charge in [-0.2, -0.15) is 0 Å².